The fraction of sp³-hybridized carbons (Fsp3) is 0.360. The fourth-order valence-corrected chi connectivity index (χ4v) is 5.16. The number of benzene rings is 1. The monoisotopic (exact) mass is 413 g/mol. The second kappa shape index (κ2) is 7.76. The second-order valence-corrected chi connectivity index (χ2v) is 8.80. The zero-order valence-electron chi connectivity index (χ0n) is 17.8. The van der Waals surface area contributed by atoms with Gasteiger partial charge in [0.2, 0.25) is 0 Å². The van der Waals surface area contributed by atoms with E-state index < -0.39 is 0 Å². The molecule has 0 atom stereocenters. The number of anilines is 1. The van der Waals surface area contributed by atoms with Crippen molar-refractivity contribution in [1.29, 1.82) is 0 Å². The lowest BCUT2D eigenvalue weighted by molar-refractivity contribution is 0.184. The van der Waals surface area contributed by atoms with Crippen LogP contribution in [0.15, 0.2) is 67.3 Å². The summed E-state index contributed by atoms with van der Waals surface area (Å²) in [6.45, 7) is 2.95. The zero-order valence-corrected chi connectivity index (χ0v) is 17.8. The van der Waals surface area contributed by atoms with Gasteiger partial charge in [0.25, 0.3) is 0 Å². The van der Waals surface area contributed by atoms with Crippen molar-refractivity contribution in [3.8, 4) is 11.4 Å². The Balaban J connectivity index is 1.31. The summed E-state index contributed by atoms with van der Waals surface area (Å²) in [5, 5.41) is 3.30. The van der Waals surface area contributed by atoms with Crippen molar-refractivity contribution in [2.75, 3.05) is 11.4 Å². The first kappa shape index (κ1) is 19.7. The van der Waals surface area contributed by atoms with E-state index in [0.717, 1.165) is 43.4 Å². The van der Waals surface area contributed by atoms with Crippen molar-refractivity contribution in [3.63, 3.8) is 0 Å². The molecule has 0 bridgehead atoms. The van der Waals surface area contributed by atoms with Crippen molar-refractivity contribution in [2.45, 2.75) is 50.0 Å². The van der Waals surface area contributed by atoms with Crippen LogP contribution in [0.3, 0.4) is 0 Å². The number of urea groups is 1. The highest BCUT2D eigenvalue weighted by molar-refractivity contribution is 5.95. The van der Waals surface area contributed by atoms with Gasteiger partial charge in [-0.05, 0) is 55.2 Å². The van der Waals surface area contributed by atoms with E-state index >= 15 is 0 Å². The topological polar surface area (TPSA) is 71.0 Å². The van der Waals surface area contributed by atoms with Crippen LogP contribution in [-0.2, 0) is 5.41 Å². The van der Waals surface area contributed by atoms with Crippen LogP contribution >= 0.6 is 0 Å². The number of rotatable bonds is 4. The molecule has 1 spiro atoms. The van der Waals surface area contributed by atoms with E-state index in [1.54, 1.807) is 29.7 Å². The first-order valence-corrected chi connectivity index (χ1v) is 11.0. The van der Waals surface area contributed by atoms with Crippen LogP contribution in [0.5, 0.6) is 0 Å². The lowest BCUT2D eigenvalue weighted by Crippen LogP contribution is -2.49. The fourth-order valence-electron chi connectivity index (χ4n) is 5.16. The molecule has 6 heteroatoms. The van der Waals surface area contributed by atoms with Crippen LogP contribution < -0.4 is 10.2 Å². The lowest BCUT2D eigenvalue weighted by atomic mass is 9.63. The highest BCUT2D eigenvalue weighted by atomic mass is 16.2. The van der Waals surface area contributed by atoms with Crippen molar-refractivity contribution < 1.29 is 4.79 Å². The lowest BCUT2D eigenvalue weighted by Gasteiger charge is -2.44. The molecule has 3 aromatic rings. The third kappa shape index (κ3) is 3.56. The summed E-state index contributed by atoms with van der Waals surface area (Å²) >= 11 is 0. The maximum atomic E-state index is 12.9. The van der Waals surface area contributed by atoms with Crippen LogP contribution in [0.1, 0.15) is 44.6 Å². The van der Waals surface area contributed by atoms with Crippen LogP contribution in [0, 0.1) is 0 Å². The van der Waals surface area contributed by atoms with Crippen LogP contribution in [0.4, 0.5) is 10.5 Å². The molecule has 1 aliphatic heterocycles. The van der Waals surface area contributed by atoms with E-state index in [2.05, 4.69) is 57.5 Å². The van der Waals surface area contributed by atoms with Crippen LogP contribution in [0.25, 0.3) is 11.4 Å². The number of nitrogens with one attached hydrogen (secondary N) is 1. The molecule has 1 aromatic carbocycles. The third-order valence-corrected chi connectivity index (χ3v) is 7.19. The largest absolute Gasteiger partial charge is 0.330 e. The van der Waals surface area contributed by atoms with E-state index in [4.69, 9.17) is 0 Å². The van der Waals surface area contributed by atoms with E-state index in [1.807, 2.05) is 12.1 Å². The van der Waals surface area contributed by atoms with Gasteiger partial charge in [0.15, 0.2) is 5.82 Å². The first-order chi connectivity index (χ1) is 15.1. The number of pyridine rings is 1. The Labute approximate surface area is 182 Å². The molecule has 1 N–H and O–H groups in total. The molecule has 6 nitrogen and oxygen atoms in total. The molecule has 158 valence electrons. The van der Waals surface area contributed by atoms with Crippen molar-refractivity contribution in [2.24, 2.45) is 0 Å². The average molecular weight is 414 g/mol. The van der Waals surface area contributed by atoms with Gasteiger partial charge in [-0.1, -0.05) is 37.3 Å². The summed E-state index contributed by atoms with van der Waals surface area (Å²) in [6, 6.07) is 14.5. The van der Waals surface area contributed by atoms with Gasteiger partial charge in [-0.2, -0.15) is 0 Å². The molecule has 5 rings (SSSR count). The average Bonchev–Trinajstić information content (AvgIpc) is 3.17. The molecule has 3 heterocycles. The summed E-state index contributed by atoms with van der Waals surface area (Å²) in [6.07, 6.45) is 12.2. The number of hydrogen-bond acceptors (Lipinski definition) is 4. The number of hydrogen-bond donors (Lipinski definition) is 1. The maximum Gasteiger partial charge on any atom is 0.322 e. The molecule has 2 amide bonds. The highest BCUT2D eigenvalue weighted by Gasteiger charge is 2.49. The summed E-state index contributed by atoms with van der Waals surface area (Å²) in [5.41, 5.74) is 3.11. The molecule has 1 saturated heterocycles. The second-order valence-electron chi connectivity index (χ2n) is 8.80. The zero-order chi connectivity index (χ0) is 21.3. The van der Waals surface area contributed by atoms with Gasteiger partial charge in [-0.15, -0.1) is 0 Å². The smallest absolute Gasteiger partial charge is 0.322 e. The molecule has 0 unspecified atom stereocenters. The molecular weight excluding hydrogens is 386 g/mol. The summed E-state index contributed by atoms with van der Waals surface area (Å²) in [7, 11) is 0. The minimum absolute atomic E-state index is 0.0519. The molecule has 1 aliphatic carbocycles. The Kier molecular flexibility index (Phi) is 4.93. The van der Waals surface area contributed by atoms with Crippen molar-refractivity contribution in [3.05, 3.63) is 72.8 Å². The molecule has 2 aliphatic rings. The number of aromatic nitrogens is 3. The Morgan fingerprint density at radius 2 is 1.65 bits per heavy atom. The van der Waals surface area contributed by atoms with E-state index in [-0.39, 0.29) is 17.0 Å². The Morgan fingerprint density at radius 3 is 2.29 bits per heavy atom. The number of nitrogens with zero attached hydrogens (tertiary/aromatic N) is 4. The van der Waals surface area contributed by atoms with Crippen LogP contribution in [-0.4, -0.2) is 33.1 Å². The van der Waals surface area contributed by atoms with Crippen LogP contribution in [0.2, 0.25) is 0 Å². The Hall–Kier alpha value is -3.28. The number of carbonyl (C=O) groups is 1. The molecule has 0 radical (unpaired) electrons. The van der Waals surface area contributed by atoms with Gasteiger partial charge < -0.3 is 5.32 Å². The van der Waals surface area contributed by atoms with Gasteiger partial charge in [0.05, 0.1) is 30.2 Å². The van der Waals surface area contributed by atoms with Crippen molar-refractivity contribution in [1.82, 2.24) is 20.3 Å². The van der Waals surface area contributed by atoms with Gasteiger partial charge in [-0.3, -0.25) is 9.88 Å². The standard InChI is InChI=1S/C25H27N5O/c1-2-24(20-6-4-3-5-7-20)10-12-25(13-11-24)18-30(23(31)29-25)21-16-27-22(28-17-21)19-8-14-26-15-9-19/h3-9,14-17H,2,10-13,18H2,1H3,(H,29,31). The first-order valence-electron chi connectivity index (χ1n) is 11.0. The van der Waals surface area contributed by atoms with Gasteiger partial charge in [-0.25, -0.2) is 14.8 Å². The maximum absolute atomic E-state index is 12.9. The van der Waals surface area contributed by atoms with E-state index in [0.29, 0.717) is 12.4 Å². The summed E-state index contributed by atoms with van der Waals surface area (Å²) in [4.78, 5) is 27.6. The van der Waals surface area contributed by atoms with E-state index in [1.165, 1.54) is 5.56 Å². The summed E-state index contributed by atoms with van der Waals surface area (Å²) < 4.78 is 0. The quantitative estimate of drug-likeness (QED) is 0.671. The normalized spacial score (nSPS) is 25.6. The molecule has 31 heavy (non-hydrogen) atoms. The molecule has 1 saturated carbocycles. The molecule has 2 fully saturated rings. The predicted molar refractivity (Wildman–Crippen MR) is 121 cm³/mol. The number of amides is 2. The third-order valence-electron chi connectivity index (χ3n) is 7.19. The SMILES string of the molecule is CCC1(c2ccccc2)CCC2(CC1)CN(c1cnc(-c3ccncc3)nc1)C(=O)N2. The molecular formula is C25H27N5O. The van der Waals surface area contributed by atoms with Gasteiger partial charge in [0.1, 0.15) is 0 Å². The van der Waals surface area contributed by atoms with E-state index in [9.17, 15) is 4.79 Å². The number of carbonyl (C=O) groups excluding carboxylic acids is 1. The van der Waals surface area contributed by atoms with Gasteiger partial charge >= 0.3 is 6.03 Å². The Bertz CT molecular complexity index is 1040. The van der Waals surface area contributed by atoms with Gasteiger partial charge in [0, 0.05) is 18.0 Å². The summed E-state index contributed by atoms with van der Waals surface area (Å²) in [5.74, 6) is 0.633. The predicted octanol–water partition coefficient (Wildman–Crippen LogP) is 4.73. The Morgan fingerprint density at radius 1 is 0.968 bits per heavy atom. The van der Waals surface area contributed by atoms with Crippen molar-refractivity contribution >= 4 is 11.7 Å². The molecule has 2 aromatic heterocycles. The minimum atomic E-state index is -0.172. The highest BCUT2D eigenvalue weighted by Crippen LogP contribution is 2.47. The minimum Gasteiger partial charge on any atom is -0.330 e.